The van der Waals surface area contributed by atoms with Gasteiger partial charge >= 0.3 is 0 Å². The highest BCUT2D eigenvalue weighted by atomic mass is 19.1. The van der Waals surface area contributed by atoms with Crippen LogP contribution in [-0.2, 0) is 6.54 Å². The molecular weight excluding hydrogens is 365 g/mol. The maximum Gasteiger partial charge on any atom is 0.255 e. The first-order valence-corrected chi connectivity index (χ1v) is 8.90. The first-order valence-electron chi connectivity index (χ1n) is 8.90. The van der Waals surface area contributed by atoms with Crippen molar-refractivity contribution in [3.8, 4) is 5.88 Å². The second kappa shape index (κ2) is 6.83. The van der Waals surface area contributed by atoms with Gasteiger partial charge in [0.15, 0.2) is 5.65 Å². The van der Waals surface area contributed by atoms with E-state index in [9.17, 15) is 14.3 Å². The number of halogens is 1. The van der Waals surface area contributed by atoms with E-state index in [0.717, 1.165) is 6.20 Å². The standard InChI is InChI=1S/C19H20FN5O3/c1-11-6-21-15-14(17(26)23-10-19(27)3-4-19)9-25(16(15)24-11)8-12-5-13(20)7-22-18(12)28-2/h5-7,9,27H,3-4,8,10H2,1-2H3,(H,23,26). The highest BCUT2D eigenvalue weighted by Gasteiger charge is 2.40. The Morgan fingerprint density at radius 1 is 1.39 bits per heavy atom. The summed E-state index contributed by atoms with van der Waals surface area (Å²) in [6.45, 7) is 2.20. The molecule has 0 bridgehead atoms. The molecule has 2 N–H and O–H groups in total. The third kappa shape index (κ3) is 3.53. The Morgan fingerprint density at radius 2 is 2.18 bits per heavy atom. The highest BCUT2D eigenvalue weighted by Crippen LogP contribution is 2.34. The molecule has 0 atom stereocenters. The summed E-state index contributed by atoms with van der Waals surface area (Å²) in [4.78, 5) is 25.4. The van der Waals surface area contributed by atoms with Gasteiger partial charge in [0, 0.05) is 24.5 Å². The molecule has 0 aromatic carbocycles. The molecule has 146 valence electrons. The predicted octanol–water partition coefficient (Wildman–Crippen LogP) is 1.59. The van der Waals surface area contributed by atoms with E-state index in [2.05, 4.69) is 20.3 Å². The fourth-order valence-electron chi connectivity index (χ4n) is 3.03. The highest BCUT2D eigenvalue weighted by molar-refractivity contribution is 6.04. The van der Waals surface area contributed by atoms with Crippen molar-refractivity contribution >= 4 is 17.1 Å². The van der Waals surface area contributed by atoms with Crippen LogP contribution in [-0.4, -0.2) is 49.8 Å². The molecule has 0 aliphatic heterocycles. The van der Waals surface area contributed by atoms with Crippen LogP contribution in [0, 0.1) is 12.7 Å². The lowest BCUT2D eigenvalue weighted by molar-refractivity contribution is 0.0897. The monoisotopic (exact) mass is 385 g/mol. The van der Waals surface area contributed by atoms with Gasteiger partial charge in [0.1, 0.15) is 11.3 Å². The molecule has 9 heteroatoms. The largest absolute Gasteiger partial charge is 0.481 e. The van der Waals surface area contributed by atoms with E-state index in [0.29, 0.717) is 46.7 Å². The fraction of sp³-hybridized carbons (Fsp3) is 0.368. The van der Waals surface area contributed by atoms with Gasteiger partial charge in [0.25, 0.3) is 5.91 Å². The van der Waals surface area contributed by atoms with Crippen LogP contribution >= 0.6 is 0 Å². The molecule has 1 amide bonds. The summed E-state index contributed by atoms with van der Waals surface area (Å²) >= 11 is 0. The van der Waals surface area contributed by atoms with Crippen LogP contribution in [0.1, 0.15) is 34.5 Å². The number of nitrogens with one attached hydrogen (secondary N) is 1. The predicted molar refractivity (Wildman–Crippen MR) is 98.6 cm³/mol. The first-order chi connectivity index (χ1) is 13.4. The lowest BCUT2D eigenvalue weighted by Gasteiger charge is -2.09. The normalized spacial score (nSPS) is 14.9. The van der Waals surface area contributed by atoms with E-state index in [1.165, 1.54) is 13.2 Å². The van der Waals surface area contributed by atoms with Crippen molar-refractivity contribution in [1.82, 2.24) is 24.8 Å². The lowest BCUT2D eigenvalue weighted by Crippen LogP contribution is -2.33. The first kappa shape index (κ1) is 18.3. The number of rotatable bonds is 6. The molecular formula is C19H20FN5O3. The molecule has 0 radical (unpaired) electrons. The maximum atomic E-state index is 13.7. The van der Waals surface area contributed by atoms with Gasteiger partial charge in [-0.05, 0) is 25.8 Å². The smallest absolute Gasteiger partial charge is 0.255 e. The van der Waals surface area contributed by atoms with Crippen molar-refractivity contribution in [1.29, 1.82) is 0 Å². The van der Waals surface area contributed by atoms with Crippen LogP contribution in [0.15, 0.2) is 24.7 Å². The summed E-state index contributed by atoms with van der Waals surface area (Å²) in [6, 6.07) is 1.34. The lowest BCUT2D eigenvalue weighted by atomic mass is 10.2. The van der Waals surface area contributed by atoms with E-state index >= 15 is 0 Å². The van der Waals surface area contributed by atoms with Crippen molar-refractivity contribution in [2.75, 3.05) is 13.7 Å². The minimum atomic E-state index is -0.795. The SMILES string of the molecule is COc1ncc(F)cc1Cn1cc(C(=O)NCC2(O)CC2)c2ncc(C)nc21. The van der Waals surface area contributed by atoms with E-state index in [-0.39, 0.29) is 19.0 Å². The molecule has 4 rings (SSSR count). The summed E-state index contributed by atoms with van der Waals surface area (Å²) in [5.74, 6) is -0.525. The molecule has 1 aliphatic carbocycles. The van der Waals surface area contributed by atoms with Gasteiger partial charge in [-0.15, -0.1) is 0 Å². The minimum Gasteiger partial charge on any atom is -0.481 e. The molecule has 1 fully saturated rings. The Balaban J connectivity index is 1.71. The average molecular weight is 385 g/mol. The second-order valence-corrected chi connectivity index (χ2v) is 7.08. The van der Waals surface area contributed by atoms with E-state index in [1.807, 2.05) is 0 Å². The molecule has 1 aliphatic rings. The number of hydrogen-bond acceptors (Lipinski definition) is 6. The third-order valence-electron chi connectivity index (χ3n) is 4.76. The zero-order valence-corrected chi connectivity index (χ0v) is 15.6. The maximum absolute atomic E-state index is 13.7. The number of carbonyl (C=O) groups is 1. The molecule has 0 unspecified atom stereocenters. The van der Waals surface area contributed by atoms with Crippen molar-refractivity contribution in [2.24, 2.45) is 0 Å². The molecule has 3 aromatic heterocycles. The number of methoxy groups -OCH3 is 1. The second-order valence-electron chi connectivity index (χ2n) is 7.08. The van der Waals surface area contributed by atoms with Gasteiger partial charge in [-0.25, -0.2) is 14.4 Å². The Kier molecular flexibility index (Phi) is 4.46. The van der Waals surface area contributed by atoms with Crippen LogP contribution in [0.5, 0.6) is 5.88 Å². The number of aliphatic hydroxyl groups is 1. The molecule has 0 saturated heterocycles. The van der Waals surface area contributed by atoms with E-state index in [4.69, 9.17) is 4.74 Å². The van der Waals surface area contributed by atoms with Crippen LogP contribution in [0.3, 0.4) is 0 Å². The topological polar surface area (TPSA) is 102 Å². The number of ether oxygens (including phenoxy) is 1. The molecule has 28 heavy (non-hydrogen) atoms. The number of nitrogens with zero attached hydrogens (tertiary/aromatic N) is 4. The molecule has 1 saturated carbocycles. The zero-order valence-electron chi connectivity index (χ0n) is 15.6. The zero-order chi connectivity index (χ0) is 19.9. The summed E-state index contributed by atoms with van der Waals surface area (Å²) < 4.78 is 20.6. The number of hydrogen-bond donors (Lipinski definition) is 2. The summed E-state index contributed by atoms with van der Waals surface area (Å²) in [5, 5.41) is 12.7. The van der Waals surface area contributed by atoms with Gasteiger partial charge in [-0.1, -0.05) is 0 Å². The number of pyridine rings is 1. The molecule has 0 spiro atoms. The van der Waals surface area contributed by atoms with Crippen molar-refractivity contribution < 1.29 is 19.0 Å². The summed E-state index contributed by atoms with van der Waals surface area (Å²) in [6.07, 6.45) is 5.66. The van der Waals surface area contributed by atoms with Gasteiger partial charge in [0.2, 0.25) is 5.88 Å². The van der Waals surface area contributed by atoms with Crippen molar-refractivity contribution in [3.63, 3.8) is 0 Å². The quantitative estimate of drug-likeness (QED) is 0.668. The number of aromatic nitrogens is 4. The summed E-state index contributed by atoms with van der Waals surface area (Å²) in [7, 11) is 1.46. The Morgan fingerprint density at radius 3 is 2.89 bits per heavy atom. The summed E-state index contributed by atoms with van der Waals surface area (Å²) in [5.41, 5.74) is 1.69. The van der Waals surface area contributed by atoms with Crippen LogP contribution in [0.4, 0.5) is 4.39 Å². The Bertz CT molecular complexity index is 1060. The molecule has 3 aromatic rings. The third-order valence-corrected chi connectivity index (χ3v) is 4.76. The van der Waals surface area contributed by atoms with Gasteiger partial charge in [0.05, 0.1) is 36.7 Å². The van der Waals surface area contributed by atoms with Crippen molar-refractivity contribution in [2.45, 2.75) is 31.9 Å². The number of aryl methyl sites for hydroxylation is 1. The van der Waals surface area contributed by atoms with Gasteiger partial charge in [-0.2, -0.15) is 0 Å². The number of amides is 1. The molecule has 3 heterocycles. The average Bonchev–Trinajstić information content (AvgIpc) is 3.31. The van der Waals surface area contributed by atoms with E-state index < -0.39 is 11.4 Å². The van der Waals surface area contributed by atoms with Gasteiger partial charge in [-0.3, -0.25) is 9.78 Å². The van der Waals surface area contributed by atoms with Crippen LogP contribution in [0.25, 0.3) is 11.2 Å². The molecule has 8 nitrogen and oxygen atoms in total. The number of fused-ring (bicyclic) bond motifs is 1. The number of carbonyl (C=O) groups excluding carboxylic acids is 1. The Labute approximate surface area is 160 Å². The Hall–Kier alpha value is -3.07. The fourth-order valence-corrected chi connectivity index (χ4v) is 3.03. The van der Waals surface area contributed by atoms with Crippen LogP contribution < -0.4 is 10.1 Å². The van der Waals surface area contributed by atoms with Gasteiger partial charge < -0.3 is 19.7 Å². The van der Waals surface area contributed by atoms with Crippen molar-refractivity contribution in [3.05, 3.63) is 47.3 Å². The van der Waals surface area contributed by atoms with E-state index in [1.54, 1.807) is 23.9 Å². The van der Waals surface area contributed by atoms with Crippen LogP contribution in [0.2, 0.25) is 0 Å². The minimum absolute atomic E-state index is 0.194.